The summed E-state index contributed by atoms with van der Waals surface area (Å²) in [5.41, 5.74) is 0.827. The highest BCUT2D eigenvalue weighted by Crippen LogP contribution is 2.17. The predicted molar refractivity (Wildman–Crippen MR) is 78.1 cm³/mol. The fraction of sp³-hybridized carbons (Fsp3) is 0.118. The van der Waals surface area contributed by atoms with E-state index in [1.165, 1.54) is 5.56 Å². The average Bonchev–Trinajstić information content (AvgIpc) is 2.48. The molecule has 0 fully saturated rings. The summed E-state index contributed by atoms with van der Waals surface area (Å²) < 4.78 is 10.7. The lowest BCUT2D eigenvalue weighted by Crippen LogP contribution is -2.05. The van der Waals surface area contributed by atoms with E-state index < -0.39 is 0 Å². The highest BCUT2D eigenvalue weighted by Gasteiger charge is 2.04. The number of ether oxygens (including phenoxy) is 1. The van der Waals surface area contributed by atoms with E-state index in [1.54, 1.807) is 12.1 Å². The van der Waals surface area contributed by atoms with Crippen LogP contribution in [0.2, 0.25) is 0 Å². The first-order valence-electron chi connectivity index (χ1n) is 6.52. The van der Waals surface area contributed by atoms with Gasteiger partial charge in [-0.25, -0.2) is 4.79 Å². The Bertz CT molecular complexity index is 760. The van der Waals surface area contributed by atoms with Gasteiger partial charge in [0.1, 0.15) is 0 Å². The Kier molecular flexibility index (Phi) is 3.50. The molecule has 1 heterocycles. The molecule has 0 aliphatic rings. The summed E-state index contributed by atoms with van der Waals surface area (Å²) in [6.45, 7) is 0.477. The number of hydrogen-bond donors (Lipinski definition) is 0. The molecule has 0 saturated carbocycles. The molecule has 0 unspecified atom stereocenters. The van der Waals surface area contributed by atoms with E-state index in [-0.39, 0.29) is 11.6 Å². The van der Waals surface area contributed by atoms with Gasteiger partial charge >= 0.3 is 5.63 Å². The molecule has 0 saturated heterocycles. The summed E-state index contributed by atoms with van der Waals surface area (Å²) in [5, 5.41) is 1.40. The van der Waals surface area contributed by atoms with Crippen molar-refractivity contribution in [1.29, 1.82) is 0 Å². The third-order valence-corrected chi connectivity index (χ3v) is 3.13. The maximum atomic E-state index is 11.8. The first-order chi connectivity index (χ1) is 9.83. The Balaban J connectivity index is 1.73. The van der Waals surface area contributed by atoms with Crippen molar-refractivity contribution in [3.05, 3.63) is 76.6 Å². The molecule has 3 heteroatoms. The smallest absolute Gasteiger partial charge is 0.346 e. The van der Waals surface area contributed by atoms with Crippen molar-refractivity contribution in [3.63, 3.8) is 0 Å². The molecule has 0 radical (unpaired) electrons. The summed E-state index contributed by atoms with van der Waals surface area (Å²) in [5.74, 6) is 0.268. The van der Waals surface area contributed by atoms with Crippen LogP contribution in [0.5, 0.6) is 5.95 Å². The summed E-state index contributed by atoms with van der Waals surface area (Å²) in [7, 11) is 0. The molecule has 0 spiro atoms. The maximum absolute atomic E-state index is 11.8. The number of benzene rings is 2. The standard InChI is InChI=1S/C17H14O3/c18-17-15-9-5-4-8-14(15)12-16(20-17)19-11-10-13-6-2-1-3-7-13/h1-9,12H,10-11H2. The number of hydrogen-bond acceptors (Lipinski definition) is 3. The van der Waals surface area contributed by atoms with E-state index in [9.17, 15) is 4.79 Å². The van der Waals surface area contributed by atoms with Gasteiger partial charge in [0.15, 0.2) is 0 Å². The fourth-order valence-corrected chi connectivity index (χ4v) is 2.10. The summed E-state index contributed by atoms with van der Waals surface area (Å²) in [6.07, 6.45) is 0.775. The lowest BCUT2D eigenvalue weighted by atomic mass is 10.2. The average molecular weight is 266 g/mol. The Hall–Kier alpha value is -2.55. The molecule has 2 aromatic carbocycles. The zero-order chi connectivity index (χ0) is 13.8. The molecule has 3 nitrogen and oxygen atoms in total. The third kappa shape index (κ3) is 2.72. The van der Waals surface area contributed by atoms with Crippen LogP contribution in [0.15, 0.2) is 69.9 Å². The van der Waals surface area contributed by atoms with Gasteiger partial charge in [0.2, 0.25) is 0 Å². The van der Waals surface area contributed by atoms with Gasteiger partial charge < -0.3 is 9.15 Å². The van der Waals surface area contributed by atoms with Gasteiger partial charge in [-0.3, -0.25) is 0 Å². The van der Waals surface area contributed by atoms with Crippen LogP contribution in [0.1, 0.15) is 5.56 Å². The van der Waals surface area contributed by atoms with Crippen LogP contribution in [-0.2, 0) is 6.42 Å². The minimum Gasteiger partial charge on any atom is -0.465 e. The molecular formula is C17H14O3. The number of rotatable bonds is 4. The largest absolute Gasteiger partial charge is 0.465 e. The normalized spacial score (nSPS) is 10.6. The molecular weight excluding hydrogens is 252 g/mol. The Morgan fingerprint density at radius 2 is 1.70 bits per heavy atom. The SMILES string of the molecule is O=c1oc(OCCc2ccccc2)cc2ccccc12. The van der Waals surface area contributed by atoms with Gasteiger partial charge in [-0.15, -0.1) is 0 Å². The van der Waals surface area contributed by atoms with Crippen molar-refractivity contribution in [2.45, 2.75) is 6.42 Å². The monoisotopic (exact) mass is 266 g/mol. The summed E-state index contributed by atoms with van der Waals surface area (Å²) in [6, 6.07) is 19.1. The Labute approximate surface area is 116 Å². The highest BCUT2D eigenvalue weighted by molar-refractivity contribution is 5.81. The van der Waals surface area contributed by atoms with Crippen LogP contribution in [0.3, 0.4) is 0 Å². The molecule has 3 aromatic rings. The molecule has 1 aromatic heterocycles. The zero-order valence-electron chi connectivity index (χ0n) is 10.9. The predicted octanol–water partition coefficient (Wildman–Crippen LogP) is 3.41. The van der Waals surface area contributed by atoms with E-state index in [1.807, 2.05) is 48.5 Å². The molecule has 0 aliphatic heterocycles. The van der Waals surface area contributed by atoms with Crippen LogP contribution >= 0.6 is 0 Å². The molecule has 20 heavy (non-hydrogen) atoms. The van der Waals surface area contributed by atoms with Crippen molar-refractivity contribution in [3.8, 4) is 5.95 Å². The van der Waals surface area contributed by atoms with Crippen LogP contribution < -0.4 is 10.4 Å². The molecule has 0 N–H and O–H groups in total. The van der Waals surface area contributed by atoms with E-state index in [0.717, 1.165) is 11.8 Å². The first-order valence-corrected chi connectivity index (χ1v) is 6.52. The molecule has 0 bridgehead atoms. The zero-order valence-corrected chi connectivity index (χ0v) is 10.9. The van der Waals surface area contributed by atoms with Crippen molar-refractivity contribution in [2.24, 2.45) is 0 Å². The third-order valence-electron chi connectivity index (χ3n) is 3.13. The van der Waals surface area contributed by atoms with Gasteiger partial charge in [0.25, 0.3) is 5.95 Å². The van der Waals surface area contributed by atoms with Gasteiger partial charge in [0.05, 0.1) is 12.0 Å². The topological polar surface area (TPSA) is 39.4 Å². The Morgan fingerprint density at radius 1 is 0.950 bits per heavy atom. The van der Waals surface area contributed by atoms with Gasteiger partial charge in [0, 0.05) is 12.5 Å². The van der Waals surface area contributed by atoms with Crippen molar-refractivity contribution in [1.82, 2.24) is 0 Å². The van der Waals surface area contributed by atoms with Crippen molar-refractivity contribution in [2.75, 3.05) is 6.61 Å². The lowest BCUT2D eigenvalue weighted by molar-refractivity contribution is 0.235. The minimum atomic E-state index is -0.363. The van der Waals surface area contributed by atoms with Gasteiger partial charge in [-0.1, -0.05) is 48.5 Å². The first kappa shape index (κ1) is 12.5. The second-order valence-electron chi connectivity index (χ2n) is 4.52. The van der Waals surface area contributed by atoms with Gasteiger partial charge in [-0.2, -0.15) is 0 Å². The van der Waals surface area contributed by atoms with Crippen LogP contribution in [0, 0.1) is 0 Å². The van der Waals surface area contributed by atoms with Crippen LogP contribution in [0.4, 0.5) is 0 Å². The second kappa shape index (κ2) is 5.61. The molecule has 3 rings (SSSR count). The maximum Gasteiger partial charge on any atom is 0.346 e. The van der Waals surface area contributed by atoms with E-state index >= 15 is 0 Å². The molecule has 100 valence electrons. The van der Waals surface area contributed by atoms with Crippen LogP contribution in [-0.4, -0.2) is 6.61 Å². The molecule has 0 amide bonds. The second-order valence-corrected chi connectivity index (χ2v) is 4.52. The quantitative estimate of drug-likeness (QED) is 0.726. The molecule has 0 aliphatic carbocycles. The van der Waals surface area contributed by atoms with E-state index in [4.69, 9.17) is 9.15 Å². The molecule has 0 atom stereocenters. The van der Waals surface area contributed by atoms with Gasteiger partial charge in [-0.05, 0) is 17.0 Å². The van der Waals surface area contributed by atoms with Crippen molar-refractivity contribution >= 4 is 10.8 Å². The van der Waals surface area contributed by atoms with E-state index in [0.29, 0.717) is 12.0 Å². The summed E-state index contributed by atoms with van der Waals surface area (Å²) in [4.78, 5) is 11.8. The lowest BCUT2D eigenvalue weighted by Gasteiger charge is -2.05. The van der Waals surface area contributed by atoms with Crippen LogP contribution in [0.25, 0.3) is 10.8 Å². The number of fused-ring (bicyclic) bond motifs is 1. The minimum absolute atomic E-state index is 0.268. The summed E-state index contributed by atoms with van der Waals surface area (Å²) >= 11 is 0. The fourth-order valence-electron chi connectivity index (χ4n) is 2.10. The van der Waals surface area contributed by atoms with E-state index in [2.05, 4.69) is 0 Å². The van der Waals surface area contributed by atoms with Crippen molar-refractivity contribution < 1.29 is 9.15 Å². The Morgan fingerprint density at radius 3 is 2.55 bits per heavy atom. The highest BCUT2D eigenvalue weighted by atomic mass is 16.6.